The highest BCUT2D eigenvalue weighted by Crippen LogP contribution is 2.29. The van der Waals surface area contributed by atoms with Crippen molar-refractivity contribution in [2.45, 2.75) is 31.8 Å². The molecule has 114 valence electrons. The summed E-state index contributed by atoms with van der Waals surface area (Å²) in [5, 5.41) is 13.5. The van der Waals surface area contributed by atoms with Crippen LogP contribution in [0.2, 0.25) is 0 Å². The van der Waals surface area contributed by atoms with Crippen LogP contribution in [0, 0.1) is 6.92 Å². The summed E-state index contributed by atoms with van der Waals surface area (Å²) in [6, 6.07) is 16.0. The molecule has 3 rings (SSSR count). The molecule has 0 heterocycles. The maximum Gasteiger partial charge on any atom is 0.224 e. The van der Waals surface area contributed by atoms with Gasteiger partial charge < -0.3 is 10.4 Å². The van der Waals surface area contributed by atoms with E-state index in [4.69, 9.17) is 0 Å². The summed E-state index contributed by atoms with van der Waals surface area (Å²) in [6.45, 7) is 2.31. The Hall–Kier alpha value is -2.13. The molecule has 2 aromatic carbocycles. The minimum absolute atomic E-state index is 0.0463. The van der Waals surface area contributed by atoms with Gasteiger partial charge in [0.25, 0.3) is 0 Å². The number of rotatable bonds is 4. The number of hydrogen-bond acceptors (Lipinski definition) is 2. The highest BCUT2D eigenvalue weighted by Gasteiger charge is 2.35. The first kappa shape index (κ1) is 14.8. The van der Waals surface area contributed by atoms with Crippen LogP contribution in [0.1, 0.15) is 22.3 Å². The first-order chi connectivity index (χ1) is 10.5. The predicted octanol–water partition coefficient (Wildman–Crippen LogP) is 2.18. The number of carbonyl (C=O) groups excluding carboxylic acids is 1. The van der Waals surface area contributed by atoms with Crippen LogP contribution >= 0.6 is 0 Å². The van der Waals surface area contributed by atoms with E-state index < -0.39 is 5.60 Å². The van der Waals surface area contributed by atoms with Crippen LogP contribution < -0.4 is 5.32 Å². The molecule has 3 nitrogen and oxygen atoms in total. The number of fused-ring (bicyclic) bond motifs is 1. The first-order valence-electron chi connectivity index (χ1n) is 7.65. The molecule has 1 aliphatic rings. The monoisotopic (exact) mass is 295 g/mol. The van der Waals surface area contributed by atoms with Gasteiger partial charge >= 0.3 is 0 Å². The molecule has 2 aromatic rings. The molecule has 0 radical (unpaired) electrons. The van der Waals surface area contributed by atoms with Gasteiger partial charge in [0.05, 0.1) is 12.0 Å². The van der Waals surface area contributed by atoms with Crippen molar-refractivity contribution < 1.29 is 9.90 Å². The van der Waals surface area contributed by atoms with E-state index in [1.54, 1.807) is 0 Å². The summed E-state index contributed by atoms with van der Waals surface area (Å²) in [5.74, 6) is -0.0463. The fourth-order valence-corrected chi connectivity index (χ4v) is 3.13. The Morgan fingerprint density at radius 3 is 2.45 bits per heavy atom. The Morgan fingerprint density at radius 2 is 1.82 bits per heavy atom. The highest BCUT2D eigenvalue weighted by molar-refractivity contribution is 5.78. The quantitative estimate of drug-likeness (QED) is 0.908. The maximum absolute atomic E-state index is 12.1. The largest absolute Gasteiger partial charge is 0.387 e. The van der Waals surface area contributed by atoms with Crippen LogP contribution in [0.15, 0.2) is 48.5 Å². The van der Waals surface area contributed by atoms with Gasteiger partial charge in [-0.15, -0.1) is 0 Å². The molecule has 0 aromatic heterocycles. The average Bonchev–Trinajstić information content (AvgIpc) is 2.82. The summed E-state index contributed by atoms with van der Waals surface area (Å²) in [7, 11) is 0. The Bertz CT molecular complexity index is 668. The Kier molecular flexibility index (Phi) is 3.99. The lowest BCUT2D eigenvalue weighted by molar-refractivity contribution is -0.121. The molecule has 0 bridgehead atoms. The summed E-state index contributed by atoms with van der Waals surface area (Å²) in [5.41, 5.74) is 3.65. The minimum atomic E-state index is -0.855. The van der Waals surface area contributed by atoms with Crippen LogP contribution in [-0.2, 0) is 24.1 Å². The summed E-state index contributed by atoms with van der Waals surface area (Å²) in [4.78, 5) is 12.1. The third-order valence-electron chi connectivity index (χ3n) is 4.22. The second-order valence-electron chi connectivity index (χ2n) is 6.29. The van der Waals surface area contributed by atoms with Crippen molar-refractivity contribution in [3.63, 3.8) is 0 Å². The summed E-state index contributed by atoms with van der Waals surface area (Å²) < 4.78 is 0. The first-order valence-corrected chi connectivity index (χ1v) is 7.65. The molecule has 0 spiro atoms. The Labute approximate surface area is 131 Å². The lowest BCUT2D eigenvalue weighted by Crippen LogP contribution is -2.44. The lowest BCUT2D eigenvalue weighted by Gasteiger charge is -2.22. The molecule has 1 aliphatic carbocycles. The summed E-state index contributed by atoms with van der Waals surface area (Å²) >= 11 is 0. The van der Waals surface area contributed by atoms with Crippen LogP contribution in [0.4, 0.5) is 0 Å². The molecule has 0 saturated carbocycles. The SMILES string of the molecule is Cc1cccc(CC(=O)NCC2(O)Cc3ccccc3C2)c1. The van der Waals surface area contributed by atoms with Gasteiger partial charge in [0.2, 0.25) is 5.91 Å². The number of aryl methyl sites for hydroxylation is 1. The van der Waals surface area contributed by atoms with Gasteiger partial charge in [-0.05, 0) is 23.6 Å². The predicted molar refractivity (Wildman–Crippen MR) is 86.7 cm³/mol. The van der Waals surface area contributed by atoms with Crippen LogP contribution in [0.5, 0.6) is 0 Å². The van der Waals surface area contributed by atoms with Gasteiger partial charge in [-0.2, -0.15) is 0 Å². The Balaban J connectivity index is 1.56. The maximum atomic E-state index is 12.1. The van der Waals surface area contributed by atoms with E-state index in [1.807, 2.05) is 55.5 Å². The number of carbonyl (C=O) groups is 1. The molecule has 0 aliphatic heterocycles. The number of amides is 1. The standard InChI is InChI=1S/C19H21NO2/c1-14-5-4-6-15(9-14)10-18(21)20-13-19(22)11-16-7-2-3-8-17(16)12-19/h2-9,22H,10-13H2,1H3,(H,20,21). The molecule has 0 unspecified atom stereocenters. The molecule has 0 atom stereocenters. The zero-order valence-electron chi connectivity index (χ0n) is 12.8. The normalized spacial score (nSPS) is 15.4. The smallest absolute Gasteiger partial charge is 0.224 e. The highest BCUT2D eigenvalue weighted by atomic mass is 16.3. The van der Waals surface area contributed by atoms with Crippen molar-refractivity contribution in [2.75, 3.05) is 6.54 Å². The third-order valence-corrected chi connectivity index (χ3v) is 4.22. The second-order valence-corrected chi connectivity index (χ2v) is 6.29. The lowest BCUT2D eigenvalue weighted by atomic mass is 10.0. The zero-order chi connectivity index (χ0) is 15.6. The fourth-order valence-electron chi connectivity index (χ4n) is 3.13. The van der Waals surface area contributed by atoms with Crippen LogP contribution in [0.3, 0.4) is 0 Å². The van der Waals surface area contributed by atoms with Gasteiger partial charge in [0.1, 0.15) is 0 Å². The Morgan fingerprint density at radius 1 is 1.14 bits per heavy atom. The van der Waals surface area contributed by atoms with Crippen molar-refractivity contribution in [1.29, 1.82) is 0 Å². The van der Waals surface area contributed by atoms with E-state index in [0.29, 0.717) is 25.8 Å². The third kappa shape index (κ3) is 3.37. The van der Waals surface area contributed by atoms with E-state index in [1.165, 1.54) is 11.1 Å². The topological polar surface area (TPSA) is 49.3 Å². The van der Waals surface area contributed by atoms with Crippen molar-refractivity contribution in [3.05, 3.63) is 70.8 Å². The number of hydrogen-bond donors (Lipinski definition) is 2. The number of benzene rings is 2. The number of aliphatic hydroxyl groups is 1. The summed E-state index contributed by atoms with van der Waals surface area (Å²) in [6.07, 6.45) is 1.56. The van der Waals surface area contributed by atoms with E-state index in [0.717, 1.165) is 11.1 Å². The van der Waals surface area contributed by atoms with Crippen LogP contribution in [0.25, 0.3) is 0 Å². The average molecular weight is 295 g/mol. The van der Waals surface area contributed by atoms with Crippen LogP contribution in [-0.4, -0.2) is 23.2 Å². The van der Waals surface area contributed by atoms with Gasteiger partial charge in [0.15, 0.2) is 0 Å². The van der Waals surface area contributed by atoms with Gasteiger partial charge in [-0.1, -0.05) is 54.1 Å². The van der Waals surface area contributed by atoms with Crippen molar-refractivity contribution in [3.8, 4) is 0 Å². The molecule has 3 heteroatoms. The zero-order valence-corrected chi connectivity index (χ0v) is 12.8. The molecular weight excluding hydrogens is 274 g/mol. The molecule has 2 N–H and O–H groups in total. The second kappa shape index (κ2) is 5.93. The van der Waals surface area contributed by atoms with Gasteiger partial charge in [-0.25, -0.2) is 0 Å². The molecule has 0 saturated heterocycles. The van der Waals surface area contributed by atoms with E-state index in [-0.39, 0.29) is 5.91 Å². The van der Waals surface area contributed by atoms with Crippen molar-refractivity contribution in [1.82, 2.24) is 5.32 Å². The van der Waals surface area contributed by atoms with Gasteiger partial charge in [0, 0.05) is 19.4 Å². The number of nitrogens with one attached hydrogen (secondary N) is 1. The van der Waals surface area contributed by atoms with E-state index in [9.17, 15) is 9.90 Å². The molecule has 22 heavy (non-hydrogen) atoms. The molecule has 1 amide bonds. The van der Waals surface area contributed by atoms with E-state index in [2.05, 4.69) is 5.32 Å². The minimum Gasteiger partial charge on any atom is -0.387 e. The van der Waals surface area contributed by atoms with Crippen molar-refractivity contribution in [2.24, 2.45) is 0 Å². The van der Waals surface area contributed by atoms with Crippen molar-refractivity contribution >= 4 is 5.91 Å². The van der Waals surface area contributed by atoms with E-state index >= 15 is 0 Å². The molecule has 0 fully saturated rings. The molecular formula is C19H21NO2. The fraction of sp³-hybridized carbons (Fsp3) is 0.316. The van der Waals surface area contributed by atoms with Gasteiger partial charge in [-0.3, -0.25) is 4.79 Å².